The number of hydrogen-bond donors (Lipinski definition) is 0. The molecule has 1 amide bonds. The summed E-state index contributed by atoms with van der Waals surface area (Å²) >= 11 is 1.73. The lowest BCUT2D eigenvalue weighted by molar-refractivity contribution is 0.0736. The van der Waals surface area contributed by atoms with E-state index in [1.165, 1.54) is 16.0 Å². The molecule has 1 unspecified atom stereocenters. The summed E-state index contributed by atoms with van der Waals surface area (Å²) in [5, 5.41) is 6.13. The number of nitrogens with zero attached hydrogens (tertiary/aromatic N) is 4. The van der Waals surface area contributed by atoms with Crippen LogP contribution in [0.1, 0.15) is 44.2 Å². The Hall–Kier alpha value is -1.70. The van der Waals surface area contributed by atoms with Crippen molar-refractivity contribution in [3.63, 3.8) is 0 Å². The Morgan fingerprint density at radius 2 is 2.22 bits per heavy atom. The van der Waals surface area contributed by atoms with Gasteiger partial charge in [0.05, 0.1) is 11.3 Å². The third-order valence-electron chi connectivity index (χ3n) is 6.05. The minimum absolute atomic E-state index is 0.187. The van der Waals surface area contributed by atoms with Gasteiger partial charge in [-0.05, 0) is 45.8 Å². The molecule has 2 aliphatic rings. The van der Waals surface area contributed by atoms with Crippen LogP contribution in [-0.4, -0.2) is 65.5 Å². The summed E-state index contributed by atoms with van der Waals surface area (Å²) in [4.78, 5) is 21.1. The molecule has 4 heterocycles. The summed E-state index contributed by atoms with van der Waals surface area (Å²) in [6.45, 7) is 8.73. The predicted molar refractivity (Wildman–Crippen MR) is 106 cm³/mol. The van der Waals surface area contributed by atoms with Gasteiger partial charge in [-0.15, -0.1) is 11.3 Å². The monoisotopic (exact) mass is 388 g/mol. The van der Waals surface area contributed by atoms with Gasteiger partial charge in [0.25, 0.3) is 5.91 Å². The summed E-state index contributed by atoms with van der Waals surface area (Å²) in [6.07, 6.45) is 2.00. The van der Waals surface area contributed by atoms with Gasteiger partial charge in [0.1, 0.15) is 5.76 Å². The van der Waals surface area contributed by atoms with Gasteiger partial charge in [-0.1, -0.05) is 5.16 Å². The number of hydrogen-bond acceptors (Lipinski definition) is 6. The molecule has 1 atom stereocenters. The first-order chi connectivity index (χ1) is 12.9. The second-order valence-corrected chi connectivity index (χ2v) is 8.90. The second kappa shape index (κ2) is 7.37. The topological polar surface area (TPSA) is 52.8 Å². The Labute approximate surface area is 164 Å². The third-order valence-corrected chi connectivity index (χ3v) is 7.07. The van der Waals surface area contributed by atoms with Crippen molar-refractivity contribution in [1.29, 1.82) is 0 Å². The summed E-state index contributed by atoms with van der Waals surface area (Å²) < 4.78 is 5.30. The van der Waals surface area contributed by atoms with E-state index < -0.39 is 0 Å². The molecular formula is C20H28N4O2S. The van der Waals surface area contributed by atoms with Crippen LogP contribution in [0, 0.1) is 13.8 Å². The van der Waals surface area contributed by atoms with Crippen LogP contribution in [0.4, 0.5) is 0 Å². The standard InChI is InChI=1S/C20H28N4O2S/c1-13-17(14(2)26-21-13)10-24-8-6-16-18(12-27-19(16)11-24)20(25)23(4)15-5-7-22(3)9-15/h12,15H,5-11H2,1-4H3. The number of aromatic nitrogens is 1. The highest BCUT2D eigenvalue weighted by Gasteiger charge is 2.31. The van der Waals surface area contributed by atoms with Crippen LogP contribution in [0.5, 0.6) is 0 Å². The largest absolute Gasteiger partial charge is 0.361 e. The zero-order valence-electron chi connectivity index (χ0n) is 16.6. The number of rotatable bonds is 4. The van der Waals surface area contributed by atoms with E-state index in [9.17, 15) is 4.79 Å². The van der Waals surface area contributed by atoms with E-state index in [2.05, 4.69) is 27.4 Å². The Bertz CT molecular complexity index is 824. The maximum Gasteiger partial charge on any atom is 0.255 e. The fraction of sp³-hybridized carbons (Fsp3) is 0.600. The van der Waals surface area contributed by atoms with Crippen LogP contribution in [0.3, 0.4) is 0 Å². The van der Waals surface area contributed by atoms with Gasteiger partial charge in [-0.2, -0.15) is 0 Å². The van der Waals surface area contributed by atoms with Crippen molar-refractivity contribution in [2.45, 2.75) is 45.8 Å². The Morgan fingerprint density at radius 1 is 1.41 bits per heavy atom. The van der Waals surface area contributed by atoms with Crippen molar-refractivity contribution in [3.8, 4) is 0 Å². The molecule has 146 valence electrons. The quantitative estimate of drug-likeness (QED) is 0.806. The van der Waals surface area contributed by atoms with Gasteiger partial charge in [-0.25, -0.2) is 0 Å². The molecule has 0 spiro atoms. The van der Waals surface area contributed by atoms with Crippen molar-refractivity contribution in [2.24, 2.45) is 0 Å². The Kier molecular flexibility index (Phi) is 5.09. The fourth-order valence-corrected chi connectivity index (χ4v) is 5.35. The predicted octanol–water partition coefficient (Wildman–Crippen LogP) is 2.69. The summed E-state index contributed by atoms with van der Waals surface area (Å²) in [7, 11) is 4.08. The molecule has 27 heavy (non-hydrogen) atoms. The highest BCUT2D eigenvalue weighted by atomic mass is 32.1. The normalized spacial score (nSPS) is 20.8. The van der Waals surface area contributed by atoms with Crippen molar-refractivity contribution >= 4 is 17.2 Å². The lowest BCUT2D eigenvalue weighted by atomic mass is 10.0. The fourth-order valence-electron chi connectivity index (χ4n) is 4.23. The molecule has 0 saturated carbocycles. The number of amides is 1. The molecule has 0 aromatic carbocycles. The lowest BCUT2D eigenvalue weighted by Crippen LogP contribution is -2.39. The van der Waals surface area contributed by atoms with E-state index in [0.29, 0.717) is 6.04 Å². The number of carbonyl (C=O) groups is 1. The zero-order chi connectivity index (χ0) is 19.1. The lowest BCUT2D eigenvalue weighted by Gasteiger charge is -2.28. The number of carbonyl (C=O) groups excluding carboxylic acids is 1. The number of fused-ring (bicyclic) bond motifs is 1. The molecule has 0 N–H and O–H groups in total. The van der Waals surface area contributed by atoms with Crippen molar-refractivity contribution in [3.05, 3.63) is 38.4 Å². The smallest absolute Gasteiger partial charge is 0.255 e. The van der Waals surface area contributed by atoms with Gasteiger partial charge in [0, 0.05) is 55.1 Å². The van der Waals surface area contributed by atoms with E-state index >= 15 is 0 Å². The van der Waals surface area contributed by atoms with Crippen molar-refractivity contribution in [1.82, 2.24) is 19.9 Å². The Balaban J connectivity index is 1.46. The number of aryl methyl sites for hydroxylation is 2. The summed E-state index contributed by atoms with van der Waals surface area (Å²) in [5.74, 6) is 1.09. The van der Waals surface area contributed by atoms with Crippen LogP contribution >= 0.6 is 11.3 Å². The zero-order valence-corrected chi connectivity index (χ0v) is 17.4. The average molecular weight is 389 g/mol. The van der Waals surface area contributed by atoms with Gasteiger partial charge in [-0.3, -0.25) is 9.69 Å². The number of likely N-dealkylation sites (tertiary alicyclic amines) is 1. The molecule has 2 aromatic rings. The highest BCUT2D eigenvalue weighted by Crippen LogP contribution is 2.31. The van der Waals surface area contributed by atoms with Crippen LogP contribution in [0.25, 0.3) is 0 Å². The van der Waals surface area contributed by atoms with Gasteiger partial charge >= 0.3 is 0 Å². The molecule has 7 heteroatoms. The van der Waals surface area contributed by atoms with Crippen LogP contribution in [0.15, 0.2) is 9.90 Å². The first-order valence-corrected chi connectivity index (χ1v) is 10.5. The molecule has 2 aromatic heterocycles. The molecule has 1 saturated heterocycles. The maximum absolute atomic E-state index is 13.1. The number of likely N-dealkylation sites (N-methyl/N-ethyl adjacent to an activating group) is 2. The third kappa shape index (κ3) is 3.56. The van der Waals surface area contributed by atoms with Crippen LogP contribution < -0.4 is 0 Å². The van der Waals surface area contributed by atoms with Gasteiger partial charge in [0.2, 0.25) is 0 Å². The second-order valence-electron chi connectivity index (χ2n) is 7.94. The maximum atomic E-state index is 13.1. The number of thiophene rings is 1. The van der Waals surface area contributed by atoms with Crippen molar-refractivity contribution < 1.29 is 9.32 Å². The highest BCUT2D eigenvalue weighted by molar-refractivity contribution is 7.10. The minimum Gasteiger partial charge on any atom is -0.361 e. The van der Waals surface area contributed by atoms with E-state index in [1.54, 1.807) is 11.3 Å². The van der Waals surface area contributed by atoms with Gasteiger partial charge in [0.15, 0.2) is 0 Å². The molecule has 6 nitrogen and oxygen atoms in total. The van der Waals surface area contributed by atoms with E-state index in [1.807, 2.05) is 25.8 Å². The van der Waals surface area contributed by atoms with E-state index in [4.69, 9.17) is 4.52 Å². The summed E-state index contributed by atoms with van der Waals surface area (Å²) in [6, 6.07) is 0.331. The molecule has 0 bridgehead atoms. The van der Waals surface area contributed by atoms with Crippen LogP contribution in [0.2, 0.25) is 0 Å². The van der Waals surface area contributed by atoms with Crippen LogP contribution in [-0.2, 0) is 19.5 Å². The summed E-state index contributed by atoms with van der Waals surface area (Å²) in [5.41, 5.74) is 4.35. The molecule has 0 aliphatic carbocycles. The van der Waals surface area contributed by atoms with E-state index in [0.717, 1.165) is 62.6 Å². The van der Waals surface area contributed by atoms with E-state index in [-0.39, 0.29) is 5.91 Å². The van der Waals surface area contributed by atoms with Crippen molar-refractivity contribution in [2.75, 3.05) is 33.7 Å². The van der Waals surface area contributed by atoms with Gasteiger partial charge < -0.3 is 14.3 Å². The molecule has 4 rings (SSSR count). The average Bonchev–Trinajstić information content (AvgIpc) is 3.35. The molecule has 0 radical (unpaired) electrons. The minimum atomic E-state index is 0.187. The first kappa shape index (κ1) is 18.7. The molecule has 2 aliphatic heterocycles. The molecule has 1 fully saturated rings. The Morgan fingerprint density at radius 3 is 2.89 bits per heavy atom. The SMILES string of the molecule is Cc1noc(C)c1CN1CCc2c(C(=O)N(C)C3CCN(C)C3)csc2C1. The first-order valence-electron chi connectivity index (χ1n) is 9.63. The molecular weight excluding hydrogens is 360 g/mol.